The van der Waals surface area contributed by atoms with Crippen LogP contribution in [0.2, 0.25) is 5.02 Å². The quantitative estimate of drug-likeness (QED) is 0.236. The fourth-order valence-corrected chi connectivity index (χ4v) is 3.64. The van der Waals surface area contributed by atoms with Gasteiger partial charge in [0.1, 0.15) is 17.1 Å². The van der Waals surface area contributed by atoms with E-state index in [4.69, 9.17) is 28.9 Å². The maximum atomic E-state index is 6.11. The minimum Gasteiger partial charge on any atom is -0.213 e. The number of azo groups is 1. The number of hydrogen-bond donors (Lipinski definition) is 0. The van der Waals surface area contributed by atoms with Gasteiger partial charge in [-0.1, -0.05) is 102 Å². The highest BCUT2D eigenvalue weighted by molar-refractivity contribution is 8.22. The molecule has 0 aliphatic carbocycles. The summed E-state index contributed by atoms with van der Waals surface area (Å²) in [4.78, 5) is 0. The number of aromatic nitrogens is 2. The van der Waals surface area contributed by atoms with Gasteiger partial charge in [0.15, 0.2) is 4.32 Å². The van der Waals surface area contributed by atoms with Crippen molar-refractivity contribution in [1.29, 1.82) is 0 Å². The molecule has 7 heteroatoms. The van der Waals surface area contributed by atoms with Gasteiger partial charge < -0.3 is 0 Å². The maximum Gasteiger partial charge on any atom is 0.161 e. The van der Waals surface area contributed by atoms with E-state index < -0.39 is 0 Å². The molecule has 0 spiro atoms. The third-order valence-corrected chi connectivity index (χ3v) is 5.81. The molecule has 0 atom stereocenters. The van der Waals surface area contributed by atoms with Crippen LogP contribution in [0.1, 0.15) is 0 Å². The second-order valence-electron chi connectivity index (χ2n) is 6.34. The van der Waals surface area contributed by atoms with Gasteiger partial charge in [0.2, 0.25) is 0 Å². The number of thioether (sulfide) groups is 1. The molecule has 0 unspecified atom stereocenters. The molecule has 4 nitrogen and oxygen atoms in total. The highest BCUT2D eigenvalue weighted by atomic mass is 35.5. The predicted octanol–water partition coefficient (Wildman–Crippen LogP) is 7.78. The van der Waals surface area contributed by atoms with E-state index in [0.29, 0.717) is 20.7 Å². The highest BCUT2D eigenvalue weighted by Crippen LogP contribution is 2.40. The Kier molecular flexibility index (Phi) is 6.38. The summed E-state index contributed by atoms with van der Waals surface area (Å²) in [6.45, 7) is 0. The normalized spacial score (nSPS) is 11.1. The van der Waals surface area contributed by atoms with Crippen molar-refractivity contribution < 1.29 is 0 Å². The number of halogens is 1. The summed E-state index contributed by atoms with van der Waals surface area (Å²) >= 11 is 13.2. The van der Waals surface area contributed by atoms with E-state index in [0.717, 1.165) is 22.5 Å². The van der Waals surface area contributed by atoms with E-state index in [1.807, 2.05) is 79.1 Å². The van der Waals surface area contributed by atoms with Crippen LogP contribution in [0, 0.1) is 0 Å². The van der Waals surface area contributed by atoms with Crippen LogP contribution in [-0.2, 0) is 0 Å². The molecule has 1 aromatic heterocycles. The number of benzene rings is 3. The van der Waals surface area contributed by atoms with Crippen molar-refractivity contribution in [3.8, 4) is 22.5 Å². The van der Waals surface area contributed by atoms with Gasteiger partial charge in [-0.15, -0.1) is 5.11 Å². The topological polar surface area (TPSA) is 42.5 Å². The van der Waals surface area contributed by atoms with Crippen LogP contribution >= 0.6 is 35.6 Å². The molecule has 0 radical (unpaired) electrons. The zero-order valence-corrected chi connectivity index (χ0v) is 18.5. The van der Waals surface area contributed by atoms with Crippen LogP contribution in [0.3, 0.4) is 0 Å². The van der Waals surface area contributed by atoms with E-state index in [2.05, 4.69) is 10.2 Å². The summed E-state index contributed by atoms with van der Waals surface area (Å²) in [6.07, 6.45) is 1.94. The summed E-state index contributed by atoms with van der Waals surface area (Å²) < 4.78 is 2.40. The lowest BCUT2D eigenvalue weighted by Gasteiger charge is -2.07. The molecule has 0 N–H and O–H groups in total. The molecular formula is C23H17ClN4S2. The van der Waals surface area contributed by atoms with Crippen LogP contribution in [-0.4, -0.2) is 20.4 Å². The molecule has 4 aromatic rings. The standard InChI is InChI=1S/C23H17ClN4S2/c1-30-23(29)28-22(17-11-6-3-7-12-17)21(20(27-28)16-9-4-2-5-10-16)26-25-19-14-8-13-18(24)15-19/h2-15H,1H3. The van der Waals surface area contributed by atoms with Crippen LogP contribution < -0.4 is 0 Å². The molecule has 0 amide bonds. The van der Waals surface area contributed by atoms with E-state index in [1.165, 1.54) is 11.8 Å². The molecule has 3 aromatic carbocycles. The van der Waals surface area contributed by atoms with E-state index in [1.54, 1.807) is 16.8 Å². The third-order valence-electron chi connectivity index (χ3n) is 4.38. The Morgan fingerprint density at radius 2 is 1.57 bits per heavy atom. The largest absolute Gasteiger partial charge is 0.213 e. The van der Waals surface area contributed by atoms with Crippen molar-refractivity contribution in [2.75, 3.05) is 6.26 Å². The third kappa shape index (κ3) is 4.36. The van der Waals surface area contributed by atoms with Gasteiger partial charge in [0.05, 0.1) is 5.69 Å². The minimum absolute atomic E-state index is 0.609. The molecule has 0 saturated heterocycles. The minimum atomic E-state index is 0.609. The Morgan fingerprint density at radius 1 is 0.900 bits per heavy atom. The summed E-state index contributed by atoms with van der Waals surface area (Å²) in [5, 5.41) is 14.5. The fourth-order valence-electron chi connectivity index (χ4n) is 3.01. The fraction of sp³-hybridized carbons (Fsp3) is 0.0435. The molecule has 148 valence electrons. The average Bonchev–Trinajstić information content (AvgIpc) is 3.18. The van der Waals surface area contributed by atoms with Crippen molar-refractivity contribution >= 4 is 51.3 Å². The first-order valence-corrected chi connectivity index (χ1v) is 11.2. The number of nitrogens with zero attached hydrogens (tertiary/aromatic N) is 4. The lowest BCUT2D eigenvalue weighted by Crippen LogP contribution is -2.08. The Hall–Kier alpha value is -2.80. The van der Waals surface area contributed by atoms with E-state index in [-0.39, 0.29) is 0 Å². The Labute approximate surface area is 189 Å². The van der Waals surface area contributed by atoms with Gasteiger partial charge in [-0.25, -0.2) is 4.68 Å². The second-order valence-corrected chi connectivity index (χ2v) is 8.22. The molecule has 0 bridgehead atoms. The van der Waals surface area contributed by atoms with Crippen LogP contribution in [0.15, 0.2) is 95.2 Å². The molecule has 0 saturated carbocycles. The molecule has 0 fully saturated rings. The Morgan fingerprint density at radius 3 is 2.20 bits per heavy atom. The van der Waals surface area contributed by atoms with Crippen LogP contribution in [0.25, 0.3) is 22.5 Å². The zero-order chi connectivity index (χ0) is 20.9. The molecule has 0 aliphatic heterocycles. The Bertz CT molecular complexity index is 1200. The lowest BCUT2D eigenvalue weighted by atomic mass is 10.1. The van der Waals surface area contributed by atoms with Crippen LogP contribution in [0.4, 0.5) is 11.4 Å². The SMILES string of the molecule is CSC(=S)n1nc(-c2ccccc2)c(N=Nc2cccc(Cl)c2)c1-c1ccccc1. The van der Waals surface area contributed by atoms with Gasteiger partial charge in [0, 0.05) is 16.1 Å². The number of thiocarbonyl (C=S) groups is 1. The van der Waals surface area contributed by atoms with Crippen molar-refractivity contribution in [3.05, 3.63) is 90.0 Å². The van der Waals surface area contributed by atoms with Crippen molar-refractivity contribution in [2.24, 2.45) is 10.2 Å². The van der Waals surface area contributed by atoms with Crippen LogP contribution in [0.5, 0.6) is 0 Å². The predicted molar refractivity (Wildman–Crippen MR) is 130 cm³/mol. The first-order chi connectivity index (χ1) is 14.7. The maximum absolute atomic E-state index is 6.11. The smallest absolute Gasteiger partial charge is 0.161 e. The van der Waals surface area contributed by atoms with Crippen molar-refractivity contribution in [2.45, 2.75) is 0 Å². The summed E-state index contributed by atoms with van der Waals surface area (Å²) in [5.74, 6) is 0. The Balaban J connectivity index is 1.96. The van der Waals surface area contributed by atoms with E-state index in [9.17, 15) is 0 Å². The first kappa shape index (κ1) is 20.5. The van der Waals surface area contributed by atoms with Crippen molar-refractivity contribution in [3.63, 3.8) is 0 Å². The molecule has 30 heavy (non-hydrogen) atoms. The zero-order valence-electron chi connectivity index (χ0n) is 16.1. The first-order valence-electron chi connectivity index (χ1n) is 9.17. The van der Waals surface area contributed by atoms with Gasteiger partial charge in [-0.05, 0) is 24.5 Å². The number of hydrogen-bond acceptors (Lipinski definition) is 5. The van der Waals surface area contributed by atoms with Gasteiger partial charge in [-0.2, -0.15) is 10.2 Å². The lowest BCUT2D eigenvalue weighted by molar-refractivity contribution is 0.975. The molecular weight excluding hydrogens is 432 g/mol. The highest BCUT2D eigenvalue weighted by Gasteiger charge is 2.22. The summed E-state index contributed by atoms with van der Waals surface area (Å²) in [6, 6.07) is 27.2. The molecule has 1 heterocycles. The second kappa shape index (κ2) is 9.34. The molecule has 4 rings (SSSR count). The van der Waals surface area contributed by atoms with Gasteiger partial charge in [-0.3, -0.25) is 0 Å². The monoisotopic (exact) mass is 448 g/mol. The summed E-state index contributed by atoms with van der Waals surface area (Å²) in [5.41, 5.74) is 4.75. The van der Waals surface area contributed by atoms with Crippen molar-refractivity contribution in [1.82, 2.24) is 9.78 Å². The number of rotatable bonds is 4. The molecule has 0 aliphatic rings. The van der Waals surface area contributed by atoms with Gasteiger partial charge >= 0.3 is 0 Å². The summed E-state index contributed by atoms with van der Waals surface area (Å²) in [7, 11) is 0. The van der Waals surface area contributed by atoms with Gasteiger partial charge in [0.25, 0.3) is 0 Å². The van der Waals surface area contributed by atoms with E-state index >= 15 is 0 Å². The average molecular weight is 449 g/mol.